The molecule has 0 aromatic rings. The highest BCUT2D eigenvalue weighted by Crippen LogP contribution is 2.17. The fraction of sp³-hybridized carbons (Fsp3) is 0.714. The third kappa shape index (κ3) is 1.47. The van der Waals surface area contributed by atoms with Crippen molar-refractivity contribution >= 4 is 0 Å². The average molecular weight is 223 g/mol. The molecule has 1 heteroatoms. The fourth-order valence-corrected chi connectivity index (χ4v) is 1.68. The standard InChI is InChI=1S/C7H12I/c1-6(8)7-4-2-3-5-7/h4,6,8H,2-3,5H2,1H3/q+1. The molecule has 0 heterocycles. The lowest BCUT2D eigenvalue weighted by Gasteiger charge is -1.92. The number of hydrogen-bond acceptors (Lipinski definition) is 0. The van der Waals surface area contributed by atoms with Crippen LogP contribution in [0.4, 0.5) is 0 Å². The van der Waals surface area contributed by atoms with Crippen LogP contribution in [0.15, 0.2) is 11.6 Å². The zero-order valence-corrected chi connectivity index (χ0v) is 7.51. The molecule has 1 aliphatic rings. The van der Waals surface area contributed by atoms with E-state index in [0.29, 0.717) is 0 Å². The van der Waals surface area contributed by atoms with Gasteiger partial charge in [0.1, 0.15) is 0 Å². The predicted octanol–water partition coefficient (Wildman–Crippen LogP) is -1.23. The molecule has 0 aliphatic heterocycles. The first-order valence-electron chi connectivity index (χ1n) is 3.15. The van der Waals surface area contributed by atoms with Crippen molar-refractivity contribution in [2.45, 2.75) is 30.1 Å². The van der Waals surface area contributed by atoms with E-state index in [1.807, 2.05) is 0 Å². The van der Waals surface area contributed by atoms with Gasteiger partial charge in [0.25, 0.3) is 22.6 Å². The number of alkyl halides is 1. The van der Waals surface area contributed by atoms with Crippen LogP contribution in [0.2, 0.25) is 0 Å². The van der Waals surface area contributed by atoms with Crippen LogP contribution in [-0.4, -0.2) is 3.92 Å². The lowest BCUT2D eigenvalue weighted by molar-refractivity contribution is -0.401. The molecule has 0 saturated carbocycles. The predicted molar refractivity (Wildman–Crippen MR) is 32.8 cm³/mol. The van der Waals surface area contributed by atoms with Gasteiger partial charge in [0, 0.05) is 0 Å². The van der Waals surface area contributed by atoms with E-state index in [9.17, 15) is 0 Å². The topological polar surface area (TPSA) is 0 Å². The Hall–Kier alpha value is 0.470. The molecule has 0 fully saturated rings. The molecular weight excluding hydrogens is 211 g/mol. The molecule has 0 N–H and O–H groups in total. The van der Waals surface area contributed by atoms with Crippen molar-refractivity contribution in [3.63, 3.8) is 0 Å². The summed E-state index contributed by atoms with van der Waals surface area (Å²) in [5.41, 5.74) is 1.68. The van der Waals surface area contributed by atoms with Gasteiger partial charge in [-0.3, -0.25) is 0 Å². The molecule has 0 amide bonds. The highest BCUT2D eigenvalue weighted by Gasteiger charge is 2.14. The van der Waals surface area contributed by atoms with Crippen molar-refractivity contribution in [1.82, 2.24) is 0 Å². The summed E-state index contributed by atoms with van der Waals surface area (Å²) in [4.78, 5) is 0. The van der Waals surface area contributed by atoms with Crippen LogP contribution < -0.4 is 22.6 Å². The van der Waals surface area contributed by atoms with Crippen LogP contribution in [0.3, 0.4) is 0 Å². The Balaban J connectivity index is 2.45. The van der Waals surface area contributed by atoms with Gasteiger partial charge in [-0.25, -0.2) is 0 Å². The van der Waals surface area contributed by atoms with E-state index in [1.165, 1.54) is 19.3 Å². The van der Waals surface area contributed by atoms with Gasteiger partial charge in [-0.15, -0.1) is 0 Å². The molecular formula is C7H12I+. The zero-order valence-electron chi connectivity index (χ0n) is 5.18. The molecule has 1 unspecified atom stereocenters. The number of rotatable bonds is 1. The highest BCUT2D eigenvalue weighted by atomic mass is 127. The Morgan fingerprint density at radius 3 is 2.75 bits per heavy atom. The lowest BCUT2D eigenvalue weighted by Crippen LogP contribution is -3.38. The Bertz CT molecular complexity index is 103. The number of hydrogen-bond donors (Lipinski definition) is 0. The monoisotopic (exact) mass is 223 g/mol. The molecule has 0 saturated heterocycles. The summed E-state index contributed by atoms with van der Waals surface area (Å²) in [6.45, 7) is 2.28. The maximum absolute atomic E-state index is 2.40. The van der Waals surface area contributed by atoms with Crippen molar-refractivity contribution in [1.29, 1.82) is 0 Å². The van der Waals surface area contributed by atoms with E-state index in [2.05, 4.69) is 35.6 Å². The molecule has 46 valence electrons. The molecule has 0 bridgehead atoms. The van der Waals surface area contributed by atoms with Crippen molar-refractivity contribution in [2.24, 2.45) is 0 Å². The van der Waals surface area contributed by atoms with Crippen LogP contribution in [0.5, 0.6) is 0 Å². The molecule has 1 atom stereocenters. The largest absolute Gasteiger partial charge is 0.260 e. The average Bonchev–Trinajstić information content (AvgIpc) is 2.12. The molecule has 0 aromatic heterocycles. The third-order valence-corrected chi connectivity index (χ3v) is 2.46. The second-order valence-corrected chi connectivity index (χ2v) is 4.33. The normalized spacial score (nSPS) is 23.0. The molecule has 0 nitrogen and oxygen atoms in total. The molecule has 1 aliphatic carbocycles. The van der Waals surface area contributed by atoms with Crippen molar-refractivity contribution in [3.05, 3.63) is 11.6 Å². The number of halogens is 1. The van der Waals surface area contributed by atoms with Crippen molar-refractivity contribution in [3.8, 4) is 0 Å². The van der Waals surface area contributed by atoms with Gasteiger partial charge < -0.3 is 0 Å². The SMILES string of the molecule is CC([IH+])C1=CCCC1. The first-order valence-corrected chi connectivity index (χ1v) is 4.50. The quantitative estimate of drug-likeness (QED) is 0.296. The van der Waals surface area contributed by atoms with E-state index in [-0.39, 0.29) is 0 Å². The van der Waals surface area contributed by atoms with Gasteiger partial charge in [-0.1, -0.05) is 6.08 Å². The van der Waals surface area contributed by atoms with Gasteiger partial charge in [0.15, 0.2) is 3.92 Å². The van der Waals surface area contributed by atoms with Crippen LogP contribution in [0.25, 0.3) is 0 Å². The summed E-state index contributed by atoms with van der Waals surface area (Å²) in [5.74, 6) is 0. The summed E-state index contributed by atoms with van der Waals surface area (Å²) >= 11 is 2.21. The van der Waals surface area contributed by atoms with E-state index in [0.717, 1.165) is 3.92 Å². The zero-order chi connectivity index (χ0) is 5.98. The summed E-state index contributed by atoms with van der Waals surface area (Å²) in [5, 5.41) is 0. The van der Waals surface area contributed by atoms with Crippen molar-refractivity contribution < 1.29 is 22.6 Å². The molecule has 1 rings (SSSR count). The van der Waals surface area contributed by atoms with Gasteiger partial charge in [0.05, 0.1) is 0 Å². The summed E-state index contributed by atoms with van der Waals surface area (Å²) in [6.07, 6.45) is 6.48. The van der Waals surface area contributed by atoms with Gasteiger partial charge in [-0.2, -0.15) is 0 Å². The van der Waals surface area contributed by atoms with E-state index >= 15 is 0 Å². The van der Waals surface area contributed by atoms with Crippen LogP contribution in [0.1, 0.15) is 26.2 Å². The summed E-state index contributed by atoms with van der Waals surface area (Å²) in [6, 6.07) is 0. The molecule has 8 heavy (non-hydrogen) atoms. The Morgan fingerprint density at radius 2 is 2.50 bits per heavy atom. The van der Waals surface area contributed by atoms with E-state index in [4.69, 9.17) is 0 Å². The lowest BCUT2D eigenvalue weighted by atomic mass is 10.2. The first kappa shape index (κ1) is 6.59. The highest BCUT2D eigenvalue weighted by molar-refractivity contribution is 5.10. The van der Waals surface area contributed by atoms with E-state index in [1.54, 1.807) is 5.57 Å². The van der Waals surface area contributed by atoms with E-state index < -0.39 is 0 Å². The molecule has 0 spiro atoms. The Labute approximate surface area is 64.5 Å². The van der Waals surface area contributed by atoms with Crippen molar-refractivity contribution in [2.75, 3.05) is 0 Å². The molecule has 0 aromatic carbocycles. The summed E-state index contributed by atoms with van der Waals surface area (Å²) in [7, 11) is 0. The van der Waals surface area contributed by atoms with Gasteiger partial charge in [0.2, 0.25) is 0 Å². The minimum Gasteiger partial charge on any atom is -0.0809 e. The second kappa shape index (κ2) is 2.85. The van der Waals surface area contributed by atoms with Crippen LogP contribution >= 0.6 is 0 Å². The van der Waals surface area contributed by atoms with Crippen LogP contribution in [0, 0.1) is 0 Å². The first-order chi connectivity index (χ1) is 3.80. The maximum Gasteiger partial charge on any atom is 0.260 e. The smallest absolute Gasteiger partial charge is 0.0809 e. The second-order valence-electron chi connectivity index (χ2n) is 2.31. The van der Waals surface area contributed by atoms with Gasteiger partial charge in [-0.05, 0) is 31.8 Å². The fourth-order valence-electron chi connectivity index (χ4n) is 1.06. The van der Waals surface area contributed by atoms with Crippen LogP contribution in [-0.2, 0) is 0 Å². The van der Waals surface area contributed by atoms with Gasteiger partial charge >= 0.3 is 0 Å². The molecule has 0 radical (unpaired) electrons. The minimum atomic E-state index is 0.813. The minimum absolute atomic E-state index is 0.813. The summed E-state index contributed by atoms with van der Waals surface area (Å²) < 4.78 is 0.813. The third-order valence-electron chi connectivity index (χ3n) is 1.60. The Morgan fingerprint density at radius 1 is 1.75 bits per heavy atom. The number of allylic oxidation sites excluding steroid dienone is 2. The Kier molecular flexibility index (Phi) is 2.35. The maximum atomic E-state index is 2.40.